The van der Waals surface area contributed by atoms with E-state index >= 15 is 0 Å². The van der Waals surface area contributed by atoms with Gasteiger partial charge in [0.25, 0.3) is 0 Å². The van der Waals surface area contributed by atoms with Gasteiger partial charge in [0.2, 0.25) is 0 Å². The van der Waals surface area contributed by atoms with Gasteiger partial charge in [-0.1, -0.05) is 164 Å². The Morgan fingerprint density at radius 3 is 1.00 bits per heavy atom. The zero-order chi connectivity index (χ0) is 36.6. The van der Waals surface area contributed by atoms with E-state index in [0.29, 0.717) is 34.9 Å². The summed E-state index contributed by atoms with van der Waals surface area (Å²) in [5.41, 5.74) is 8.33. The van der Waals surface area contributed by atoms with Crippen molar-refractivity contribution in [1.82, 2.24) is 34.5 Å². The fraction of sp³-hybridized carbons (Fsp3) is 0. The SMILES string of the molecule is c1ccc(-c2nc(-c3ccccc3)nc(-c3ccc(-c4nc(-c5ccccc5)nc(-c5ccccc5)n4)c(-n4c5ccccc5c5ccccc54)c3)n2)cc1. The predicted octanol–water partition coefficient (Wildman–Crippen LogP) is 11.2. The molecule has 7 aromatic carbocycles. The molecule has 0 saturated carbocycles. The average molecular weight is 706 g/mol. The van der Waals surface area contributed by atoms with Crippen molar-refractivity contribution in [2.75, 3.05) is 0 Å². The van der Waals surface area contributed by atoms with E-state index in [9.17, 15) is 0 Å². The number of fused-ring (bicyclic) bond motifs is 3. The molecule has 0 fully saturated rings. The molecule has 10 rings (SSSR count). The molecular weight excluding hydrogens is 675 g/mol. The van der Waals surface area contributed by atoms with Gasteiger partial charge in [-0.2, -0.15) is 0 Å². The molecule has 55 heavy (non-hydrogen) atoms. The van der Waals surface area contributed by atoms with Crippen molar-refractivity contribution in [2.45, 2.75) is 0 Å². The maximum absolute atomic E-state index is 5.16. The van der Waals surface area contributed by atoms with Crippen molar-refractivity contribution < 1.29 is 0 Å². The normalized spacial score (nSPS) is 11.3. The Bertz CT molecular complexity index is 2800. The monoisotopic (exact) mass is 705 g/mol. The van der Waals surface area contributed by atoms with Crippen LogP contribution in [-0.2, 0) is 0 Å². The number of hydrogen-bond acceptors (Lipinski definition) is 6. The first-order valence-electron chi connectivity index (χ1n) is 18.1. The molecule has 10 aromatic rings. The molecule has 0 bridgehead atoms. The van der Waals surface area contributed by atoms with E-state index < -0.39 is 0 Å². The molecule has 3 heterocycles. The minimum atomic E-state index is 0.557. The first-order valence-corrected chi connectivity index (χ1v) is 18.1. The van der Waals surface area contributed by atoms with E-state index in [1.54, 1.807) is 0 Å². The largest absolute Gasteiger partial charge is 0.308 e. The lowest BCUT2D eigenvalue weighted by Crippen LogP contribution is -2.05. The van der Waals surface area contributed by atoms with Gasteiger partial charge in [0, 0.05) is 44.2 Å². The fourth-order valence-electron chi connectivity index (χ4n) is 7.09. The quantitative estimate of drug-likeness (QED) is 0.164. The predicted molar refractivity (Wildman–Crippen MR) is 220 cm³/mol. The topological polar surface area (TPSA) is 82.3 Å². The molecule has 0 unspecified atom stereocenters. The van der Waals surface area contributed by atoms with Gasteiger partial charge in [-0.25, -0.2) is 29.9 Å². The van der Waals surface area contributed by atoms with E-state index in [0.717, 1.165) is 60.9 Å². The molecule has 0 aliphatic rings. The van der Waals surface area contributed by atoms with Crippen LogP contribution >= 0.6 is 0 Å². The van der Waals surface area contributed by atoms with Crippen LogP contribution in [0.5, 0.6) is 0 Å². The van der Waals surface area contributed by atoms with Gasteiger partial charge < -0.3 is 4.57 Å². The first kappa shape index (κ1) is 32.0. The van der Waals surface area contributed by atoms with Crippen molar-refractivity contribution in [3.8, 4) is 74.0 Å². The Labute approximate surface area is 317 Å². The second-order valence-electron chi connectivity index (χ2n) is 13.2. The zero-order valence-electron chi connectivity index (χ0n) is 29.5. The molecule has 0 atom stereocenters. The molecule has 0 saturated heterocycles. The van der Waals surface area contributed by atoms with Crippen molar-refractivity contribution >= 4 is 21.8 Å². The molecule has 258 valence electrons. The Kier molecular flexibility index (Phi) is 8.00. The van der Waals surface area contributed by atoms with Crippen LogP contribution in [0, 0.1) is 0 Å². The van der Waals surface area contributed by atoms with Crippen molar-refractivity contribution in [2.24, 2.45) is 0 Å². The van der Waals surface area contributed by atoms with Crippen LogP contribution < -0.4 is 0 Å². The third kappa shape index (κ3) is 5.99. The van der Waals surface area contributed by atoms with Crippen LogP contribution in [0.1, 0.15) is 0 Å². The van der Waals surface area contributed by atoms with Crippen LogP contribution in [-0.4, -0.2) is 34.5 Å². The average Bonchev–Trinajstić information content (AvgIpc) is 3.61. The molecule has 0 amide bonds. The van der Waals surface area contributed by atoms with Crippen LogP contribution in [0.25, 0.3) is 95.8 Å². The second-order valence-corrected chi connectivity index (χ2v) is 13.2. The van der Waals surface area contributed by atoms with E-state index in [2.05, 4.69) is 71.3 Å². The third-order valence-corrected chi connectivity index (χ3v) is 9.72. The molecule has 7 nitrogen and oxygen atoms in total. The van der Waals surface area contributed by atoms with Gasteiger partial charge in [-0.15, -0.1) is 0 Å². The Morgan fingerprint density at radius 1 is 0.273 bits per heavy atom. The molecule has 0 N–H and O–H groups in total. The van der Waals surface area contributed by atoms with Crippen LogP contribution in [0.4, 0.5) is 0 Å². The molecular formula is C48H31N7. The summed E-state index contributed by atoms with van der Waals surface area (Å²) in [6.45, 7) is 0. The Balaban J connectivity index is 1.26. The highest BCUT2D eigenvalue weighted by molar-refractivity contribution is 6.09. The summed E-state index contributed by atoms with van der Waals surface area (Å²) in [5, 5.41) is 2.30. The number of aromatic nitrogens is 7. The van der Waals surface area contributed by atoms with E-state index in [4.69, 9.17) is 29.9 Å². The standard InChI is InChI=1S/C48H31N7/c1-5-17-32(18-6-1)43-49-44(33-19-7-2-8-20-33)52-47(51-43)36-29-30-39(42(31-36)55-40-27-15-13-25-37(40)38-26-14-16-28-41(38)55)48-53-45(34-21-9-3-10-22-34)50-46(54-48)35-23-11-4-12-24-35/h1-31H. The molecule has 0 radical (unpaired) electrons. The highest BCUT2D eigenvalue weighted by atomic mass is 15.1. The van der Waals surface area contributed by atoms with E-state index in [-0.39, 0.29) is 0 Å². The molecule has 7 heteroatoms. The Hall–Kier alpha value is -7.64. The first-order chi connectivity index (χ1) is 27.3. The molecule has 3 aromatic heterocycles. The number of para-hydroxylation sites is 2. The number of rotatable bonds is 7. The summed E-state index contributed by atoms with van der Waals surface area (Å²) in [5.74, 6) is 3.51. The van der Waals surface area contributed by atoms with Crippen molar-refractivity contribution in [3.63, 3.8) is 0 Å². The molecule has 0 aliphatic heterocycles. The van der Waals surface area contributed by atoms with Crippen LogP contribution in [0.2, 0.25) is 0 Å². The Morgan fingerprint density at radius 2 is 0.600 bits per heavy atom. The molecule has 0 aliphatic carbocycles. The number of benzene rings is 7. The number of hydrogen-bond donors (Lipinski definition) is 0. The number of nitrogens with zero attached hydrogens (tertiary/aromatic N) is 7. The summed E-state index contributed by atoms with van der Waals surface area (Å²) in [7, 11) is 0. The minimum absolute atomic E-state index is 0.557. The third-order valence-electron chi connectivity index (χ3n) is 9.72. The maximum atomic E-state index is 5.16. The zero-order valence-corrected chi connectivity index (χ0v) is 29.5. The summed E-state index contributed by atoms with van der Waals surface area (Å²) in [6.07, 6.45) is 0. The summed E-state index contributed by atoms with van der Waals surface area (Å²) in [6, 6.07) is 63.5. The maximum Gasteiger partial charge on any atom is 0.166 e. The lowest BCUT2D eigenvalue weighted by Gasteiger charge is -2.16. The van der Waals surface area contributed by atoms with Crippen molar-refractivity contribution in [3.05, 3.63) is 188 Å². The van der Waals surface area contributed by atoms with Crippen molar-refractivity contribution in [1.29, 1.82) is 0 Å². The summed E-state index contributed by atoms with van der Waals surface area (Å²) in [4.78, 5) is 30.4. The fourth-order valence-corrected chi connectivity index (χ4v) is 7.09. The van der Waals surface area contributed by atoms with Crippen LogP contribution in [0.15, 0.2) is 188 Å². The van der Waals surface area contributed by atoms with Gasteiger partial charge >= 0.3 is 0 Å². The lowest BCUT2D eigenvalue weighted by molar-refractivity contribution is 1.06. The summed E-state index contributed by atoms with van der Waals surface area (Å²) >= 11 is 0. The van der Waals surface area contributed by atoms with Crippen LogP contribution in [0.3, 0.4) is 0 Å². The van der Waals surface area contributed by atoms with Gasteiger partial charge in [0.15, 0.2) is 34.9 Å². The van der Waals surface area contributed by atoms with E-state index in [1.807, 2.05) is 121 Å². The van der Waals surface area contributed by atoms with Gasteiger partial charge in [0.1, 0.15) is 0 Å². The molecule has 0 spiro atoms. The minimum Gasteiger partial charge on any atom is -0.308 e. The van der Waals surface area contributed by atoms with Gasteiger partial charge in [-0.3, -0.25) is 0 Å². The van der Waals surface area contributed by atoms with E-state index in [1.165, 1.54) is 0 Å². The highest BCUT2D eigenvalue weighted by Crippen LogP contribution is 2.38. The highest BCUT2D eigenvalue weighted by Gasteiger charge is 2.21. The lowest BCUT2D eigenvalue weighted by atomic mass is 10.1. The second kappa shape index (κ2) is 13.7. The van der Waals surface area contributed by atoms with Gasteiger partial charge in [0.05, 0.1) is 16.7 Å². The summed E-state index contributed by atoms with van der Waals surface area (Å²) < 4.78 is 2.30. The smallest absolute Gasteiger partial charge is 0.166 e. The van der Waals surface area contributed by atoms with Gasteiger partial charge in [-0.05, 0) is 24.3 Å².